The van der Waals surface area contributed by atoms with Crippen molar-refractivity contribution in [3.63, 3.8) is 0 Å². The average Bonchev–Trinajstić information content (AvgIpc) is 3.14. The van der Waals surface area contributed by atoms with E-state index in [0.717, 1.165) is 23.4 Å². The van der Waals surface area contributed by atoms with Gasteiger partial charge in [-0.1, -0.05) is 18.2 Å². The first-order valence-electron chi connectivity index (χ1n) is 8.00. The fourth-order valence-corrected chi connectivity index (χ4v) is 2.68. The molecule has 0 bridgehead atoms. The third kappa shape index (κ3) is 3.92. The van der Waals surface area contributed by atoms with E-state index in [1.807, 2.05) is 42.0 Å². The fourth-order valence-electron chi connectivity index (χ4n) is 2.68. The van der Waals surface area contributed by atoms with E-state index in [-0.39, 0.29) is 18.2 Å². The van der Waals surface area contributed by atoms with Gasteiger partial charge in [0, 0.05) is 30.7 Å². The number of aliphatic hydroxyl groups excluding tert-OH is 1. The monoisotopic (exact) mass is 343 g/mol. The summed E-state index contributed by atoms with van der Waals surface area (Å²) in [4.78, 5) is 4.01. The highest BCUT2D eigenvalue weighted by Crippen LogP contribution is 2.21. The van der Waals surface area contributed by atoms with Crippen LogP contribution in [-0.2, 0) is 0 Å². The van der Waals surface area contributed by atoms with Crippen molar-refractivity contribution in [1.29, 1.82) is 0 Å². The lowest BCUT2D eigenvalue weighted by molar-refractivity contribution is 0.161. The van der Waals surface area contributed by atoms with Crippen molar-refractivity contribution >= 4 is 0 Å². The number of halogens is 2. The van der Waals surface area contributed by atoms with Crippen molar-refractivity contribution < 1.29 is 13.9 Å². The molecule has 0 fully saturated rings. The van der Waals surface area contributed by atoms with Gasteiger partial charge in [-0.2, -0.15) is 0 Å². The molecule has 6 heteroatoms. The van der Waals surface area contributed by atoms with E-state index < -0.39 is 17.7 Å². The number of nitrogens with one attached hydrogen (secondary N) is 1. The summed E-state index contributed by atoms with van der Waals surface area (Å²) in [5, 5.41) is 13.2. The minimum absolute atomic E-state index is 0.0439. The first-order valence-corrected chi connectivity index (χ1v) is 8.00. The summed E-state index contributed by atoms with van der Waals surface area (Å²) in [6.07, 6.45) is 4.03. The van der Waals surface area contributed by atoms with E-state index in [1.54, 1.807) is 12.5 Å². The Labute approximate surface area is 144 Å². The van der Waals surface area contributed by atoms with Gasteiger partial charge in [0.25, 0.3) is 0 Å². The van der Waals surface area contributed by atoms with Gasteiger partial charge >= 0.3 is 0 Å². The molecule has 0 saturated heterocycles. The second-order valence-electron chi connectivity index (χ2n) is 5.84. The van der Waals surface area contributed by atoms with Crippen LogP contribution in [-0.4, -0.2) is 21.2 Å². The van der Waals surface area contributed by atoms with Gasteiger partial charge in [0.15, 0.2) is 0 Å². The maximum Gasteiger partial charge on any atom is 0.131 e. The molecule has 0 spiro atoms. The third-order valence-electron chi connectivity index (χ3n) is 4.15. The number of aliphatic hydroxyl groups is 1. The highest BCUT2D eigenvalue weighted by Gasteiger charge is 2.18. The van der Waals surface area contributed by atoms with Crippen molar-refractivity contribution in [1.82, 2.24) is 14.9 Å². The molecule has 0 amide bonds. The third-order valence-corrected chi connectivity index (χ3v) is 4.15. The number of nitrogens with zero attached hydrogens (tertiary/aromatic N) is 2. The normalized spacial score (nSPS) is 13.6. The van der Waals surface area contributed by atoms with Crippen LogP contribution >= 0.6 is 0 Å². The molecule has 0 aliphatic rings. The van der Waals surface area contributed by atoms with E-state index >= 15 is 0 Å². The van der Waals surface area contributed by atoms with Crippen LogP contribution in [0.5, 0.6) is 0 Å². The molecule has 2 atom stereocenters. The molecule has 3 aromatic rings. The molecular weight excluding hydrogens is 324 g/mol. The van der Waals surface area contributed by atoms with Crippen molar-refractivity contribution in [3.05, 3.63) is 83.9 Å². The Kier molecular flexibility index (Phi) is 5.21. The summed E-state index contributed by atoms with van der Waals surface area (Å²) in [5.41, 5.74) is 1.68. The SMILES string of the molecule is CC(NCC(O)c1c(F)cccc1F)c1ccc(-n2ccnc2)cc1. The van der Waals surface area contributed by atoms with E-state index in [9.17, 15) is 13.9 Å². The van der Waals surface area contributed by atoms with Crippen LogP contribution < -0.4 is 5.32 Å². The number of rotatable bonds is 6. The molecule has 0 aliphatic carbocycles. The summed E-state index contributed by atoms with van der Waals surface area (Å²) in [6.45, 7) is 1.97. The Morgan fingerprint density at radius 2 is 1.80 bits per heavy atom. The topological polar surface area (TPSA) is 50.1 Å². The zero-order chi connectivity index (χ0) is 17.8. The van der Waals surface area contributed by atoms with E-state index in [0.29, 0.717) is 0 Å². The predicted molar refractivity (Wildman–Crippen MR) is 91.3 cm³/mol. The molecule has 0 saturated carbocycles. The Balaban J connectivity index is 1.63. The summed E-state index contributed by atoms with van der Waals surface area (Å²) >= 11 is 0. The van der Waals surface area contributed by atoms with Gasteiger partial charge in [-0.3, -0.25) is 0 Å². The van der Waals surface area contributed by atoms with Crippen LogP contribution in [0, 0.1) is 11.6 Å². The Morgan fingerprint density at radius 3 is 2.40 bits per heavy atom. The lowest BCUT2D eigenvalue weighted by atomic mass is 10.1. The van der Waals surface area contributed by atoms with E-state index in [4.69, 9.17) is 0 Å². The molecular formula is C19H19F2N3O. The molecule has 1 aromatic heterocycles. The standard InChI is InChI=1S/C19H19F2N3O/c1-13(14-5-7-15(8-6-14)24-10-9-22-12-24)23-11-18(25)19-16(20)3-2-4-17(19)21/h2-10,12-13,18,23,25H,11H2,1H3. The maximum absolute atomic E-state index is 13.7. The Bertz CT molecular complexity index is 799. The lowest BCUT2D eigenvalue weighted by Crippen LogP contribution is -2.25. The Hall–Kier alpha value is -2.57. The minimum atomic E-state index is -1.26. The van der Waals surface area contributed by atoms with Gasteiger partial charge < -0.3 is 15.0 Å². The molecule has 0 radical (unpaired) electrons. The van der Waals surface area contributed by atoms with Crippen molar-refractivity contribution in [2.45, 2.75) is 19.1 Å². The summed E-state index contributed by atoms with van der Waals surface area (Å²) in [7, 11) is 0. The molecule has 2 unspecified atom stereocenters. The molecule has 25 heavy (non-hydrogen) atoms. The van der Waals surface area contributed by atoms with E-state index in [2.05, 4.69) is 10.3 Å². The largest absolute Gasteiger partial charge is 0.387 e. The molecule has 130 valence electrons. The summed E-state index contributed by atoms with van der Waals surface area (Å²) in [6, 6.07) is 11.3. The average molecular weight is 343 g/mol. The Morgan fingerprint density at radius 1 is 1.12 bits per heavy atom. The highest BCUT2D eigenvalue weighted by atomic mass is 19.1. The van der Waals surface area contributed by atoms with Crippen LogP contribution in [0.25, 0.3) is 5.69 Å². The number of hydrogen-bond donors (Lipinski definition) is 2. The fraction of sp³-hybridized carbons (Fsp3) is 0.211. The lowest BCUT2D eigenvalue weighted by Gasteiger charge is -2.19. The second kappa shape index (κ2) is 7.55. The van der Waals surface area contributed by atoms with Crippen LogP contribution in [0.3, 0.4) is 0 Å². The quantitative estimate of drug-likeness (QED) is 0.720. The van der Waals surface area contributed by atoms with Crippen LogP contribution in [0.1, 0.15) is 30.2 Å². The van der Waals surface area contributed by atoms with Crippen LogP contribution in [0.2, 0.25) is 0 Å². The van der Waals surface area contributed by atoms with Gasteiger partial charge in [0.1, 0.15) is 11.6 Å². The maximum atomic E-state index is 13.7. The summed E-state index contributed by atoms with van der Waals surface area (Å²) in [5.74, 6) is -1.49. The number of hydrogen-bond acceptors (Lipinski definition) is 3. The predicted octanol–water partition coefficient (Wildman–Crippen LogP) is 3.53. The minimum Gasteiger partial charge on any atom is -0.387 e. The summed E-state index contributed by atoms with van der Waals surface area (Å²) < 4.78 is 29.3. The van der Waals surface area contributed by atoms with Crippen molar-refractivity contribution in [2.75, 3.05) is 6.54 Å². The second-order valence-corrected chi connectivity index (χ2v) is 5.84. The van der Waals surface area contributed by atoms with Gasteiger partial charge in [-0.25, -0.2) is 13.8 Å². The van der Waals surface area contributed by atoms with Gasteiger partial charge in [0.2, 0.25) is 0 Å². The van der Waals surface area contributed by atoms with Crippen molar-refractivity contribution in [2.24, 2.45) is 0 Å². The van der Waals surface area contributed by atoms with Gasteiger partial charge in [0.05, 0.1) is 18.0 Å². The van der Waals surface area contributed by atoms with Gasteiger partial charge in [-0.15, -0.1) is 0 Å². The molecule has 2 aromatic carbocycles. The van der Waals surface area contributed by atoms with Gasteiger partial charge in [-0.05, 0) is 36.8 Å². The number of aromatic nitrogens is 2. The highest BCUT2D eigenvalue weighted by molar-refractivity contribution is 5.35. The first-order chi connectivity index (χ1) is 12.1. The zero-order valence-electron chi connectivity index (χ0n) is 13.7. The number of benzene rings is 2. The van der Waals surface area contributed by atoms with Crippen LogP contribution in [0.4, 0.5) is 8.78 Å². The van der Waals surface area contributed by atoms with E-state index in [1.165, 1.54) is 6.07 Å². The number of imidazole rings is 1. The smallest absolute Gasteiger partial charge is 0.131 e. The van der Waals surface area contributed by atoms with Crippen molar-refractivity contribution in [3.8, 4) is 5.69 Å². The first kappa shape index (κ1) is 17.3. The molecule has 0 aliphatic heterocycles. The molecule has 1 heterocycles. The zero-order valence-corrected chi connectivity index (χ0v) is 13.7. The molecule has 4 nitrogen and oxygen atoms in total. The van der Waals surface area contributed by atoms with Crippen LogP contribution in [0.15, 0.2) is 61.2 Å². The molecule has 2 N–H and O–H groups in total. The molecule has 3 rings (SSSR count).